The smallest absolute Gasteiger partial charge is 0.232 e. The normalized spacial score (nSPS) is 23.4. The third kappa shape index (κ3) is 2.40. The van der Waals surface area contributed by atoms with Crippen molar-refractivity contribution in [3.8, 4) is 0 Å². The second-order valence-corrected chi connectivity index (χ2v) is 6.61. The molecule has 2 aliphatic rings. The van der Waals surface area contributed by atoms with Gasteiger partial charge in [-0.1, -0.05) is 48.9 Å². The van der Waals surface area contributed by atoms with Crippen LogP contribution < -0.4 is 9.80 Å². The second-order valence-electron chi connectivity index (χ2n) is 6.61. The first-order chi connectivity index (χ1) is 11.3. The zero-order chi connectivity index (χ0) is 15.8. The number of amides is 1. The lowest BCUT2D eigenvalue weighted by Gasteiger charge is -2.28. The number of carbonyl (C=O) groups excluding carboxylic acids is 1. The topological polar surface area (TPSA) is 23.6 Å². The molecule has 118 valence electrons. The monoisotopic (exact) mass is 306 g/mol. The maximum atomic E-state index is 13.2. The van der Waals surface area contributed by atoms with Gasteiger partial charge in [-0.05, 0) is 30.5 Å². The summed E-state index contributed by atoms with van der Waals surface area (Å²) >= 11 is 0. The second kappa shape index (κ2) is 5.73. The van der Waals surface area contributed by atoms with Crippen LogP contribution in [0, 0.1) is 5.92 Å². The Bertz CT molecular complexity index is 713. The molecule has 4 rings (SSSR count). The third-order valence-corrected chi connectivity index (χ3v) is 5.30. The Labute approximate surface area is 137 Å². The number of benzene rings is 2. The van der Waals surface area contributed by atoms with E-state index in [9.17, 15) is 4.79 Å². The van der Waals surface area contributed by atoms with Gasteiger partial charge in [0.05, 0.1) is 23.8 Å². The van der Waals surface area contributed by atoms with Crippen LogP contribution in [-0.2, 0) is 11.3 Å². The predicted octanol–water partition coefficient (Wildman–Crippen LogP) is 3.84. The summed E-state index contributed by atoms with van der Waals surface area (Å²) in [6.45, 7) is 0.647. The maximum absolute atomic E-state index is 13.2. The van der Waals surface area contributed by atoms with Gasteiger partial charge in [0, 0.05) is 13.1 Å². The van der Waals surface area contributed by atoms with Crippen molar-refractivity contribution in [1.82, 2.24) is 0 Å². The van der Waals surface area contributed by atoms with E-state index in [4.69, 9.17) is 0 Å². The summed E-state index contributed by atoms with van der Waals surface area (Å²) < 4.78 is 0. The molecule has 23 heavy (non-hydrogen) atoms. The average molecular weight is 306 g/mol. The summed E-state index contributed by atoms with van der Waals surface area (Å²) in [4.78, 5) is 17.6. The highest BCUT2D eigenvalue weighted by Crippen LogP contribution is 2.42. The summed E-state index contributed by atoms with van der Waals surface area (Å²) in [5.74, 6) is 0.407. The largest absolute Gasteiger partial charge is 0.369 e. The Morgan fingerprint density at radius 2 is 1.65 bits per heavy atom. The van der Waals surface area contributed by atoms with Crippen LogP contribution >= 0.6 is 0 Å². The van der Waals surface area contributed by atoms with Crippen molar-refractivity contribution < 1.29 is 4.79 Å². The van der Waals surface area contributed by atoms with Gasteiger partial charge in [-0.3, -0.25) is 4.79 Å². The molecule has 2 aromatic carbocycles. The summed E-state index contributed by atoms with van der Waals surface area (Å²) in [7, 11) is 2.14. The first kappa shape index (κ1) is 14.3. The van der Waals surface area contributed by atoms with Crippen molar-refractivity contribution in [3.63, 3.8) is 0 Å². The summed E-state index contributed by atoms with van der Waals surface area (Å²) in [6.07, 6.45) is 3.26. The van der Waals surface area contributed by atoms with Crippen molar-refractivity contribution in [2.24, 2.45) is 5.92 Å². The molecule has 1 heterocycles. The number of hydrogen-bond donors (Lipinski definition) is 0. The van der Waals surface area contributed by atoms with E-state index in [0.29, 0.717) is 12.6 Å². The van der Waals surface area contributed by atoms with Crippen LogP contribution in [0.25, 0.3) is 0 Å². The zero-order valence-corrected chi connectivity index (χ0v) is 13.5. The molecule has 1 saturated carbocycles. The number of rotatable bonds is 2. The van der Waals surface area contributed by atoms with Gasteiger partial charge in [0.15, 0.2) is 0 Å². The minimum absolute atomic E-state index is 0.121. The quantitative estimate of drug-likeness (QED) is 0.841. The Balaban J connectivity index is 1.79. The number of para-hydroxylation sites is 2. The molecule has 0 saturated heterocycles. The molecule has 0 bridgehead atoms. The summed E-state index contributed by atoms with van der Waals surface area (Å²) in [6, 6.07) is 18.9. The molecule has 0 radical (unpaired) electrons. The molecule has 3 heteroatoms. The van der Waals surface area contributed by atoms with Crippen LogP contribution in [0.5, 0.6) is 0 Å². The molecular weight excluding hydrogens is 284 g/mol. The predicted molar refractivity (Wildman–Crippen MR) is 93.6 cm³/mol. The van der Waals surface area contributed by atoms with Crippen molar-refractivity contribution in [3.05, 3.63) is 60.2 Å². The van der Waals surface area contributed by atoms with Gasteiger partial charge in [-0.25, -0.2) is 0 Å². The molecule has 2 atom stereocenters. The lowest BCUT2D eigenvalue weighted by molar-refractivity contribution is -0.122. The van der Waals surface area contributed by atoms with Gasteiger partial charge in [-0.15, -0.1) is 0 Å². The molecule has 0 aromatic heterocycles. The van der Waals surface area contributed by atoms with Crippen LogP contribution in [-0.4, -0.2) is 19.0 Å². The molecule has 2 aromatic rings. The number of hydrogen-bond acceptors (Lipinski definition) is 2. The lowest BCUT2D eigenvalue weighted by atomic mass is 10.0. The minimum atomic E-state index is 0.121. The van der Waals surface area contributed by atoms with Crippen molar-refractivity contribution in [2.45, 2.75) is 31.8 Å². The Kier molecular flexibility index (Phi) is 3.56. The standard InChI is InChI=1S/C20H22N2O/c1-21-17-13-7-10-16(17)20(23)22(14-15-8-3-2-4-9-15)19-12-6-5-11-18(19)21/h2-6,8-9,11-12,16-17H,7,10,13-14H2,1H3/t16-,17-/m1/s1. The van der Waals surface area contributed by atoms with E-state index in [-0.39, 0.29) is 11.8 Å². The van der Waals surface area contributed by atoms with Crippen LogP contribution in [0.4, 0.5) is 11.4 Å². The molecule has 0 spiro atoms. The Morgan fingerprint density at radius 1 is 0.957 bits per heavy atom. The van der Waals surface area contributed by atoms with E-state index in [2.05, 4.69) is 42.3 Å². The number of nitrogens with zero attached hydrogens (tertiary/aromatic N) is 2. The van der Waals surface area contributed by atoms with E-state index in [1.807, 2.05) is 29.2 Å². The fourth-order valence-electron chi connectivity index (χ4n) is 4.11. The van der Waals surface area contributed by atoms with Crippen LogP contribution in [0.3, 0.4) is 0 Å². The fraction of sp³-hybridized carbons (Fsp3) is 0.350. The van der Waals surface area contributed by atoms with Crippen molar-refractivity contribution in [2.75, 3.05) is 16.8 Å². The van der Waals surface area contributed by atoms with E-state index in [1.165, 1.54) is 11.3 Å². The molecule has 3 nitrogen and oxygen atoms in total. The summed E-state index contributed by atoms with van der Waals surface area (Å²) in [5, 5.41) is 0. The Hall–Kier alpha value is -2.29. The molecule has 1 aliphatic heterocycles. The van der Waals surface area contributed by atoms with Crippen LogP contribution in [0.15, 0.2) is 54.6 Å². The van der Waals surface area contributed by atoms with Crippen molar-refractivity contribution >= 4 is 17.3 Å². The van der Waals surface area contributed by atoms with E-state index >= 15 is 0 Å². The highest BCUT2D eigenvalue weighted by molar-refractivity contribution is 6.00. The minimum Gasteiger partial charge on any atom is -0.369 e. The molecule has 1 fully saturated rings. The molecule has 0 unspecified atom stereocenters. The number of anilines is 2. The highest BCUT2D eigenvalue weighted by atomic mass is 16.2. The van der Waals surface area contributed by atoms with E-state index in [0.717, 1.165) is 24.9 Å². The first-order valence-corrected chi connectivity index (χ1v) is 8.43. The zero-order valence-electron chi connectivity index (χ0n) is 13.5. The van der Waals surface area contributed by atoms with Gasteiger partial charge >= 0.3 is 0 Å². The van der Waals surface area contributed by atoms with Crippen LogP contribution in [0.1, 0.15) is 24.8 Å². The lowest BCUT2D eigenvalue weighted by Crippen LogP contribution is -2.40. The van der Waals surface area contributed by atoms with Gasteiger partial charge in [0.2, 0.25) is 5.91 Å². The molecule has 1 amide bonds. The highest BCUT2D eigenvalue weighted by Gasteiger charge is 2.42. The fourth-order valence-corrected chi connectivity index (χ4v) is 4.11. The average Bonchev–Trinajstić information content (AvgIpc) is 3.06. The van der Waals surface area contributed by atoms with Gasteiger partial charge in [0.1, 0.15) is 0 Å². The van der Waals surface area contributed by atoms with Gasteiger partial charge in [0.25, 0.3) is 0 Å². The summed E-state index contributed by atoms with van der Waals surface area (Å²) in [5.41, 5.74) is 3.39. The first-order valence-electron chi connectivity index (χ1n) is 8.43. The van der Waals surface area contributed by atoms with Gasteiger partial charge < -0.3 is 9.80 Å². The van der Waals surface area contributed by atoms with Crippen LogP contribution in [0.2, 0.25) is 0 Å². The molecule has 0 N–H and O–H groups in total. The van der Waals surface area contributed by atoms with E-state index in [1.54, 1.807) is 0 Å². The molecular formula is C20H22N2O. The number of fused-ring (bicyclic) bond motifs is 2. The van der Waals surface area contributed by atoms with E-state index < -0.39 is 0 Å². The Morgan fingerprint density at radius 3 is 2.43 bits per heavy atom. The third-order valence-electron chi connectivity index (χ3n) is 5.30. The maximum Gasteiger partial charge on any atom is 0.232 e. The SMILES string of the molecule is CN1c2ccccc2N(Cc2ccccc2)C(=O)[C@@H]2CCC[C@H]21. The molecule has 1 aliphatic carbocycles. The number of carbonyl (C=O) groups is 1. The van der Waals surface area contributed by atoms with Gasteiger partial charge in [-0.2, -0.15) is 0 Å². The van der Waals surface area contributed by atoms with Crippen molar-refractivity contribution in [1.29, 1.82) is 0 Å².